The number of carbonyl (C=O) groups excluding carboxylic acids is 2. The third-order valence-corrected chi connectivity index (χ3v) is 7.26. The Hall–Kier alpha value is -3.08. The first-order valence-electron chi connectivity index (χ1n) is 12.5. The Labute approximate surface area is 195 Å². The fourth-order valence-corrected chi connectivity index (χ4v) is 5.28. The van der Waals surface area contributed by atoms with E-state index in [4.69, 9.17) is 0 Å². The highest BCUT2D eigenvalue weighted by Gasteiger charge is 2.21. The lowest BCUT2D eigenvalue weighted by Crippen LogP contribution is -2.36. The molecule has 0 bridgehead atoms. The van der Waals surface area contributed by atoms with Crippen LogP contribution in [0.5, 0.6) is 0 Å². The summed E-state index contributed by atoms with van der Waals surface area (Å²) in [4.78, 5) is 28.7. The molecular weight excluding hydrogens is 410 g/mol. The van der Waals surface area contributed by atoms with E-state index >= 15 is 0 Å². The van der Waals surface area contributed by atoms with Crippen LogP contribution in [0.2, 0.25) is 0 Å². The maximum Gasteiger partial charge on any atom is 0.251 e. The lowest BCUT2D eigenvalue weighted by molar-refractivity contribution is -0.120. The predicted molar refractivity (Wildman–Crippen MR) is 133 cm³/mol. The molecular formula is C28H33N3O2. The van der Waals surface area contributed by atoms with Gasteiger partial charge >= 0.3 is 0 Å². The number of aromatic nitrogens is 1. The number of hydrogen-bond acceptors (Lipinski definition) is 2. The number of carbonyl (C=O) groups is 2. The SMILES string of the molecule is O=C(NC1CCCCC1)c1ccc2cc(-c3ccc(NC(=O)C4CCCCC4)cc3)[nH]c2c1. The van der Waals surface area contributed by atoms with Gasteiger partial charge in [-0.3, -0.25) is 9.59 Å². The highest BCUT2D eigenvalue weighted by Crippen LogP contribution is 2.28. The van der Waals surface area contributed by atoms with E-state index in [1.54, 1.807) is 0 Å². The number of aromatic amines is 1. The van der Waals surface area contributed by atoms with E-state index in [-0.39, 0.29) is 17.7 Å². The second-order valence-corrected chi connectivity index (χ2v) is 9.69. The molecule has 1 heterocycles. The molecule has 5 heteroatoms. The molecule has 5 nitrogen and oxygen atoms in total. The lowest BCUT2D eigenvalue weighted by atomic mass is 9.88. The summed E-state index contributed by atoms with van der Waals surface area (Å²) in [6.45, 7) is 0. The van der Waals surface area contributed by atoms with E-state index < -0.39 is 0 Å². The Bertz CT molecular complexity index is 1120. The van der Waals surface area contributed by atoms with Gasteiger partial charge in [-0.25, -0.2) is 0 Å². The zero-order valence-electron chi connectivity index (χ0n) is 19.2. The summed E-state index contributed by atoms with van der Waals surface area (Å²) in [5.41, 5.74) is 4.54. The van der Waals surface area contributed by atoms with Crippen molar-refractivity contribution < 1.29 is 9.59 Å². The van der Waals surface area contributed by atoms with Crippen molar-refractivity contribution in [3.8, 4) is 11.3 Å². The van der Waals surface area contributed by atoms with Crippen molar-refractivity contribution >= 4 is 28.4 Å². The summed E-state index contributed by atoms with van der Waals surface area (Å²) >= 11 is 0. The van der Waals surface area contributed by atoms with Crippen molar-refractivity contribution in [2.24, 2.45) is 5.92 Å². The molecule has 5 rings (SSSR count). The quantitative estimate of drug-likeness (QED) is 0.426. The molecule has 2 aliphatic carbocycles. The number of amides is 2. The van der Waals surface area contributed by atoms with Gasteiger partial charge in [-0.15, -0.1) is 0 Å². The topological polar surface area (TPSA) is 74.0 Å². The van der Waals surface area contributed by atoms with Crippen molar-refractivity contribution in [2.75, 3.05) is 5.32 Å². The second-order valence-electron chi connectivity index (χ2n) is 9.69. The average molecular weight is 444 g/mol. The monoisotopic (exact) mass is 443 g/mol. The van der Waals surface area contributed by atoms with Gasteiger partial charge in [0.2, 0.25) is 5.91 Å². The molecule has 2 amide bonds. The first kappa shape index (κ1) is 21.7. The van der Waals surface area contributed by atoms with Crippen LogP contribution in [0.3, 0.4) is 0 Å². The van der Waals surface area contributed by atoms with Crippen molar-refractivity contribution in [1.82, 2.24) is 10.3 Å². The van der Waals surface area contributed by atoms with Crippen LogP contribution < -0.4 is 10.6 Å². The summed E-state index contributed by atoms with van der Waals surface area (Å²) in [6, 6.07) is 16.2. The van der Waals surface area contributed by atoms with Crippen LogP contribution in [-0.2, 0) is 4.79 Å². The molecule has 0 aliphatic heterocycles. The first-order valence-corrected chi connectivity index (χ1v) is 12.5. The minimum absolute atomic E-state index is 0.0120. The standard InChI is InChI=1S/C28H33N3O2/c32-27(20-7-3-1-4-8-20)30-24-15-13-19(14-16-24)25-17-21-11-12-22(18-26(21)31-25)28(33)29-23-9-5-2-6-10-23/h11-18,20,23,31H,1-10H2,(H,29,33)(H,30,32). The first-order chi connectivity index (χ1) is 16.2. The van der Waals surface area contributed by atoms with Crippen LogP contribution in [-0.4, -0.2) is 22.8 Å². The molecule has 0 atom stereocenters. The summed E-state index contributed by atoms with van der Waals surface area (Å²) in [5, 5.41) is 7.35. The van der Waals surface area contributed by atoms with Gasteiger partial charge in [0.25, 0.3) is 5.91 Å². The maximum absolute atomic E-state index is 12.7. The van der Waals surface area contributed by atoms with Crippen LogP contribution in [0.25, 0.3) is 22.2 Å². The summed E-state index contributed by atoms with van der Waals surface area (Å²) in [6.07, 6.45) is 11.4. The number of H-pyrrole nitrogens is 1. The highest BCUT2D eigenvalue weighted by atomic mass is 16.2. The Kier molecular flexibility index (Phi) is 6.47. The van der Waals surface area contributed by atoms with Gasteiger partial charge in [-0.2, -0.15) is 0 Å². The molecule has 1 aromatic heterocycles. The maximum atomic E-state index is 12.7. The van der Waals surface area contributed by atoms with Crippen molar-refractivity contribution in [1.29, 1.82) is 0 Å². The molecule has 0 spiro atoms. The van der Waals surface area contributed by atoms with E-state index in [9.17, 15) is 9.59 Å². The van der Waals surface area contributed by atoms with Crippen molar-refractivity contribution in [2.45, 2.75) is 70.3 Å². The molecule has 33 heavy (non-hydrogen) atoms. The third kappa shape index (κ3) is 5.13. The Morgan fingerprint density at radius 2 is 1.48 bits per heavy atom. The number of hydrogen-bond donors (Lipinski definition) is 3. The van der Waals surface area contributed by atoms with Crippen LogP contribution in [0.15, 0.2) is 48.5 Å². The van der Waals surface area contributed by atoms with E-state index in [0.29, 0.717) is 11.6 Å². The zero-order chi connectivity index (χ0) is 22.6. The van der Waals surface area contributed by atoms with Gasteiger partial charge in [-0.05, 0) is 61.6 Å². The molecule has 2 saturated carbocycles. The number of rotatable bonds is 5. The van der Waals surface area contributed by atoms with Gasteiger partial charge in [0.1, 0.15) is 0 Å². The van der Waals surface area contributed by atoms with Gasteiger partial charge in [0.15, 0.2) is 0 Å². The van der Waals surface area contributed by atoms with E-state index in [1.807, 2.05) is 42.5 Å². The van der Waals surface area contributed by atoms with Gasteiger partial charge in [0.05, 0.1) is 0 Å². The summed E-state index contributed by atoms with van der Waals surface area (Å²) in [7, 11) is 0. The summed E-state index contributed by atoms with van der Waals surface area (Å²) in [5.74, 6) is 0.307. The average Bonchev–Trinajstić information content (AvgIpc) is 3.29. The van der Waals surface area contributed by atoms with Crippen LogP contribution in [0.1, 0.15) is 74.6 Å². The van der Waals surface area contributed by atoms with E-state index in [1.165, 1.54) is 25.7 Å². The fraction of sp³-hybridized carbons (Fsp3) is 0.429. The number of nitrogens with one attached hydrogen (secondary N) is 3. The van der Waals surface area contributed by atoms with Gasteiger partial charge < -0.3 is 15.6 Å². The van der Waals surface area contributed by atoms with Crippen molar-refractivity contribution in [3.05, 3.63) is 54.1 Å². The Morgan fingerprint density at radius 1 is 0.788 bits per heavy atom. The fourth-order valence-electron chi connectivity index (χ4n) is 5.28. The van der Waals surface area contributed by atoms with E-state index in [2.05, 4.69) is 21.7 Å². The van der Waals surface area contributed by atoms with Gasteiger partial charge in [-0.1, -0.05) is 56.7 Å². The highest BCUT2D eigenvalue weighted by molar-refractivity contribution is 5.99. The molecule has 3 aromatic rings. The smallest absolute Gasteiger partial charge is 0.251 e. The Balaban J connectivity index is 1.26. The molecule has 0 radical (unpaired) electrons. The normalized spacial score (nSPS) is 17.7. The van der Waals surface area contributed by atoms with Crippen LogP contribution >= 0.6 is 0 Å². The molecule has 0 saturated heterocycles. The molecule has 3 N–H and O–H groups in total. The lowest BCUT2D eigenvalue weighted by Gasteiger charge is -2.22. The second kappa shape index (κ2) is 9.82. The van der Waals surface area contributed by atoms with E-state index in [0.717, 1.165) is 66.4 Å². The summed E-state index contributed by atoms with van der Waals surface area (Å²) < 4.78 is 0. The zero-order valence-corrected chi connectivity index (χ0v) is 19.2. The Morgan fingerprint density at radius 3 is 2.21 bits per heavy atom. The largest absolute Gasteiger partial charge is 0.355 e. The predicted octanol–water partition coefficient (Wildman–Crippen LogP) is 6.42. The van der Waals surface area contributed by atoms with Crippen LogP contribution in [0, 0.1) is 5.92 Å². The minimum atomic E-state index is 0.0120. The molecule has 2 aliphatic rings. The number of anilines is 1. The molecule has 2 fully saturated rings. The van der Waals surface area contributed by atoms with Gasteiger partial charge in [0, 0.05) is 39.8 Å². The number of fused-ring (bicyclic) bond motifs is 1. The van der Waals surface area contributed by atoms with Crippen molar-refractivity contribution in [3.63, 3.8) is 0 Å². The molecule has 2 aromatic carbocycles. The van der Waals surface area contributed by atoms with Crippen LogP contribution in [0.4, 0.5) is 5.69 Å². The molecule has 0 unspecified atom stereocenters. The third-order valence-electron chi connectivity index (χ3n) is 7.26. The minimum Gasteiger partial charge on any atom is -0.355 e. The molecule has 172 valence electrons. The number of benzene rings is 2.